The fourth-order valence-corrected chi connectivity index (χ4v) is 5.66. The number of thiophene rings is 1. The van der Waals surface area contributed by atoms with E-state index in [-0.39, 0.29) is 16.9 Å². The fourth-order valence-electron chi connectivity index (χ4n) is 2.98. The SMILES string of the molecule is CCOC(=O)c1cc2cc(S(=O)(=O)N3CCCC3CN)ccc2s1. The van der Waals surface area contributed by atoms with Crippen LogP contribution in [0.25, 0.3) is 10.1 Å². The van der Waals surface area contributed by atoms with E-state index in [0.29, 0.717) is 24.6 Å². The normalized spacial score (nSPS) is 19.0. The molecule has 0 radical (unpaired) electrons. The Hall–Kier alpha value is -1.48. The van der Waals surface area contributed by atoms with Crippen molar-refractivity contribution in [3.05, 3.63) is 29.1 Å². The molecule has 130 valence electrons. The molecule has 1 unspecified atom stereocenters. The van der Waals surface area contributed by atoms with Crippen molar-refractivity contribution in [2.45, 2.75) is 30.7 Å². The highest BCUT2D eigenvalue weighted by Gasteiger charge is 2.34. The molecular weight excluding hydrogens is 348 g/mol. The molecule has 2 aromatic rings. The van der Waals surface area contributed by atoms with E-state index < -0.39 is 10.0 Å². The summed E-state index contributed by atoms with van der Waals surface area (Å²) in [4.78, 5) is 12.5. The highest BCUT2D eigenvalue weighted by Crippen LogP contribution is 2.31. The molecule has 1 atom stereocenters. The van der Waals surface area contributed by atoms with Crippen LogP contribution in [0.5, 0.6) is 0 Å². The lowest BCUT2D eigenvalue weighted by molar-refractivity contribution is 0.0532. The van der Waals surface area contributed by atoms with Gasteiger partial charge < -0.3 is 10.5 Å². The topological polar surface area (TPSA) is 89.7 Å². The minimum Gasteiger partial charge on any atom is -0.462 e. The monoisotopic (exact) mass is 368 g/mol. The molecule has 6 nitrogen and oxygen atoms in total. The maximum absolute atomic E-state index is 12.9. The summed E-state index contributed by atoms with van der Waals surface area (Å²) in [5, 5.41) is 0.729. The fraction of sp³-hybridized carbons (Fsp3) is 0.438. The van der Waals surface area contributed by atoms with Crippen molar-refractivity contribution >= 4 is 37.4 Å². The lowest BCUT2D eigenvalue weighted by Crippen LogP contribution is -2.39. The minimum absolute atomic E-state index is 0.136. The number of fused-ring (bicyclic) bond motifs is 1. The highest BCUT2D eigenvalue weighted by molar-refractivity contribution is 7.89. The van der Waals surface area contributed by atoms with Crippen LogP contribution in [0.2, 0.25) is 0 Å². The van der Waals surface area contributed by atoms with E-state index in [4.69, 9.17) is 10.5 Å². The molecular formula is C16H20N2O4S2. The van der Waals surface area contributed by atoms with E-state index in [2.05, 4.69) is 0 Å². The molecule has 1 aliphatic heterocycles. The Morgan fingerprint density at radius 2 is 2.21 bits per heavy atom. The van der Waals surface area contributed by atoms with Gasteiger partial charge in [-0.05, 0) is 49.4 Å². The Morgan fingerprint density at radius 3 is 2.92 bits per heavy atom. The number of carbonyl (C=O) groups excluding carboxylic acids is 1. The number of sulfonamides is 1. The van der Waals surface area contributed by atoms with Gasteiger partial charge in [0.05, 0.1) is 11.5 Å². The van der Waals surface area contributed by atoms with Crippen LogP contribution in [0.3, 0.4) is 0 Å². The van der Waals surface area contributed by atoms with E-state index in [1.807, 2.05) is 0 Å². The number of benzene rings is 1. The Kier molecular flexibility index (Phi) is 4.91. The van der Waals surface area contributed by atoms with Crippen LogP contribution < -0.4 is 5.73 Å². The molecule has 0 bridgehead atoms. The van der Waals surface area contributed by atoms with Gasteiger partial charge in [-0.3, -0.25) is 0 Å². The van der Waals surface area contributed by atoms with Crippen LogP contribution in [0.4, 0.5) is 0 Å². The predicted molar refractivity (Wildman–Crippen MR) is 93.7 cm³/mol. The van der Waals surface area contributed by atoms with Crippen LogP contribution in [0.15, 0.2) is 29.2 Å². The first kappa shape index (κ1) is 17.3. The Balaban J connectivity index is 1.97. The molecule has 0 spiro atoms. The van der Waals surface area contributed by atoms with Gasteiger partial charge >= 0.3 is 5.97 Å². The molecule has 0 saturated carbocycles. The molecule has 8 heteroatoms. The number of carbonyl (C=O) groups is 1. The molecule has 1 fully saturated rings. The van der Waals surface area contributed by atoms with Gasteiger partial charge in [-0.2, -0.15) is 4.31 Å². The third-order valence-electron chi connectivity index (χ3n) is 4.17. The molecule has 1 saturated heterocycles. The van der Waals surface area contributed by atoms with Gasteiger partial charge in [-0.15, -0.1) is 11.3 Å². The number of rotatable bonds is 5. The van der Waals surface area contributed by atoms with Crippen molar-refractivity contribution in [1.29, 1.82) is 0 Å². The molecule has 2 N–H and O–H groups in total. The van der Waals surface area contributed by atoms with Crippen LogP contribution in [-0.2, 0) is 14.8 Å². The molecule has 0 amide bonds. The summed E-state index contributed by atoms with van der Waals surface area (Å²) in [6.07, 6.45) is 1.62. The van der Waals surface area contributed by atoms with Crippen molar-refractivity contribution in [2.24, 2.45) is 5.73 Å². The molecule has 1 aliphatic rings. The van der Waals surface area contributed by atoms with E-state index >= 15 is 0 Å². The van der Waals surface area contributed by atoms with Gasteiger partial charge in [0, 0.05) is 23.8 Å². The van der Waals surface area contributed by atoms with E-state index in [9.17, 15) is 13.2 Å². The maximum Gasteiger partial charge on any atom is 0.348 e. The summed E-state index contributed by atoms with van der Waals surface area (Å²) in [6, 6.07) is 6.50. The highest BCUT2D eigenvalue weighted by atomic mass is 32.2. The summed E-state index contributed by atoms with van der Waals surface area (Å²) in [5.41, 5.74) is 5.70. The molecule has 1 aromatic carbocycles. The second-order valence-corrected chi connectivity index (χ2v) is 8.65. The van der Waals surface area contributed by atoms with Crippen LogP contribution >= 0.6 is 11.3 Å². The van der Waals surface area contributed by atoms with Crippen LogP contribution in [0, 0.1) is 0 Å². The zero-order valence-corrected chi connectivity index (χ0v) is 15.0. The molecule has 0 aliphatic carbocycles. The quantitative estimate of drug-likeness (QED) is 0.817. The number of hydrogen-bond donors (Lipinski definition) is 1. The van der Waals surface area contributed by atoms with Gasteiger partial charge in [0.2, 0.25) is 10.0 Å². The lowest BCUT2D eigenvalue weighted by Gasteiger charge is -2.22. The minimum atomic E-state index is -3.57. The number of nitrogens with two attached hydrogens (primary N) is 1. The molecule has 1 aromatic heterocycles. The molecule has 3 rings (SSSR count). The first-order valence-electron chi connectivity index (χ1n) is 7.90. The number of hydrogen-bond acceptors (Lipinski definition) is 6. The van der Waals surface area contributed by atoms with Gasteiger partial charge in [-0.1, -0.05) is 0 Å². The average molecular weight is 368 g/mol. The van der Waals surface area contributed by atoms with Crippen molar-refractivity contribution in [3.63, 3.8) is 0 Å². The summed E-state index contributed by atoms with van der Waals surface area (Å²) in [6.45, 7) is 2.88. The third kappa shape index (κ3) is 3.06. The largest absolute Gasteiger partial charge is 0.462 e. The predicted octanol–water partition coefficient (Wildman–Crippen LogP) is 2.19. The molecule has 24 heavy (non-hydrogen) atoms. The van der Waals surface area contributed by atoms with E-state index in [0.717, 1.165) is 22.9 Å². The zero-order chi connectivity index (χ0) is 17.3. The second-order valence-electron chi connectivity index (χ2n) is 5.68. The van der Waals surface area contributed by atoms with Crippen LogP contribution in [-0.4, -0.2) is 44.4 Å². The third-order valence-corrected chi connectivity index (χ3v) is 7.21. The summed E-state index contributed by atoms with van der Waals surface area (Å²) in [5.74, 6) is -0.383. The first-order valence-corrected chi connectivity index (χ1v) is 10.2. The summed E-state index contributed by atoms with van der Waals surface area (Å²) < 4.78 is 33.1. The van der Waals surface area contributed by atoms with E-state index in [1.165, 1.54) is 15.6 Å². The van der Waals surface area contributed by atoms with Gasteiger partial charge in [0.15, 0.2) is 0 Å². The first-order chi connectivity index (χ1) is 11.5. The van der Waals surface area contributed by atoms with Crippen molar-refractivity contribution < 1.29 is 17.9 Å². The molecule has 2 heterocycles. The van der Waals surface area contributed by atoms with Crippen LogP contribution in [0.1, 0.15) is 29.4 Å². The van der Waals surface area contributed by atoms with Gasteiger partial charge in [0.25, 0.3) is 0 Å². The van der Waals surface area contributed by atoms with E-state index in [1.54, 1.807) is 31.2 Å². The second kappa shape index (κ2) is 6.79. The van der Waals surface area contributed by atoms with Crippen molar-refractivity contribution in [2.75, 3.05) is 19.7 Å². The van der Waals surface area contributed by atoms with Crippen molar-refractivity contribution in [3.8, 4) is 0 Å². The zero-order valence-electron chi connectivity index (χ0n) is 13.4. The Morgan fingerprint density at radius 1 is 1.42 bits per heavy atom. The smallest absolute Gasteiger partial charge is 0.348 e. The number of ether oxygens (including phenoxy) is 1. The van der Waals surface area contributed by atoms with Gasteiger partial charge in [-0.25, -0.2) is 13.2 Å². The number of nitrogens with zero attached hydrogens (tertiary/aromatic N) is 1. The maximum atomic E-state index is 12.9. The van der Waals surface area contributed by atoms with Gasteiger partial charge in [0.1, 0.15) is 4.88 Å². The number of esters is 1. The average Bonchev–Trinajstić information content (AvgIpc) is 3.21. The van der Waals surface area contributed by atoms with Crippen molar-refractivity contribution in [1.82, 2.24) is 4.31 Å². The Bertz CT molecular complexity index is 860. The summed E-state index contributed by atoms with van der Waals surface area (Å²) in [7, 11) is -3.57. The standard InChI is InChI=1S/C16H20N2O4S2/c1-2-22-16(19)15-9-11-8-13(5-6-14(11)23-15)24(20,21)18-7-3-4-12(18)10-17/h5-6,8-9,12H,2-4,7,10,17H2,1H3. The Labute approximate surface area is 145 Å². The lowest BCUT2D eigenvalue weighted by atomic mass is 10.2. The summed E-state index contributed by atoms with van der Waals surface area (Å²) >= 11 is 1.30.